The molecule has 2 amide bonds. The average Bonchev–Trinajstić information content (AvgIpc) is 3.12. The number of benzene rings is 1. The van der Waals surface area contributed by atoms with Gasteiger partial charge in [-0.3, -0.25) is 9.59 Å². The maximum Gasteiger partial charge on any atom is 0.311 e. The van der Waals surface area contributed by atoms with Crippen molar-refractivity contribution in [1.82, 2.24) is 20.0 Å². The highest BCUT2D eigenvalue weighted by Crippen LogP contribution is 2.15. The van der Waals surface area contributed by atoms with E-state index in [9.17, 15) is 14.0 Å². The van der Waals surface area contributed by atoms with E-state index in [1.54, 1.807) is 9.80 Å². The van der Waals surface area contributed by atoms with E-state index in [1.807, 2.05) is 13.8 Å². The molecule has 0 atom stereocenters. The monoisotopic (exact) mass is 346 g/mol. The van der Waals surface area contributed by atoms with Crippen molar-refractivity contribution in [3.8, 4) is 0 Å². The molecular formula is C17H19FN4O3. The third kappa shape index (κ3) is 3.67. The van der Waals surface area contributed by atoms with Crippen molar-refractivity contribution in [2.24, 2.45) is 0 Å². The summed E-state index contributed by atoms with van der Waals surface area (Å²) in [7, 11) is 0. The molecule has 0 unspecified atom stereocenters. The highest BCUT2D eigenvalue weighted by molar-refractivity contribution is 5.94. The van der Waals surface area contributed by atoms with Crippen LogP contribution in [-0.2, 0) is 0 Å². The molecule has 1 aliphatic rings. The van der Waals surface area contributed by atoms with Gasteiger partial charge in [0.15, 0.2) is 0 Å². The number of halogens is 1. The summed E-state index contributed by atoms with van der Waals surface area (Å²) in [6.07, 6.45) is 0. The predicted octanol–water partition coefficient (Wildman–Crippen LogP) is 1.93. The molecule has 2 aromatic rings. The van der Waals surface area contributed by atoms with Gasteiger partial charge in [0, 0.05) is 37.7 Å². The molecule has 1 saturated heterocycles. The summed E-state index contributed by atoms with van der Waals surface area (Å²) < 4.78 is 18.3. The van der Waals surface area contributed by atoms with E-state index in [4.69, 9.17) is 4.42 Å². The number of aromatic nitrogens is 2. The van der Waals surface area contributed by atoms with Crippen LogP contribution in [0.1, 0.15) is 46.7 Å². The Balaban J connectivity index is 1.60. The minimum absolute atomic E-state index is 0.0259. The summed E-state index contributed by atoms with van der Waals surface area (Å²) in [6, 6.07) is 5.44. The van der Waals surface area contributed by atoms with Crippen molar-refractivity contribution in [2.75, 3.05) is 26.2 Å². The van der Waals surface area contributed by atoms with Gasteiger partial charge in [-0.25, -0.2) is 4.39 Å². The van der Waals surface area contributed by atoms with Crippen LogP contribution in [0, 0.1) is 5.82 Å². The van der Waals surface area contributed by atoms with Crippen LogP contribution in [0.25, 0.3) is 0 Å². The number of nitrogens with zero attached hydrogens (tertiary/aromatic N) is 4. The lowest BCUT2D eigenvalue weighted by molar-refractivity contribution is 0.0512. The van der Waals surface area contributed by atoms with Crippen molar-refractivity contribution >= 4 is 11.8 Å². The minimum Gasteiger partial charge on any atom is -0.417 e. The minimum atomic E-state index is -0.382. The average molecular weight is 346 g/mol. The van der Waals surface area contributed by atoms with Crippen molar-refractivity contribution in [1.29, 1.82) is 0 Å². The van der Waals surface area contributed by atoms with Crippen LogP contribution in [0.5, 0.6) is 0 Å². The molecule has 0 radical (unpaired) electrons. The van der Waals surface area contributed by atoms with Crippen LogP contribution in [0.4, 0.5) is 4.39 Å². The van der Waals surface area contributed by atoms with Gasteiger partial charge < -0.3 is 14.2 Å². The fourth-order valence-corrected chi connectivity index (χ4v) is 2.58. The molecule has 1 aromatic carbocycles. The Kier molecular flexibility index (Phi) is 4.78. The molecule has 0 N–H and O–H groups in total. The Morgan fingerprint density at radius 1 is 1.00 bits per heavy atom. The standard InChI is InChI=1S/C17H19FN4O3/c1-11(2)14-19-20-15(25-14)17(24)22-9-7-21(8-10-22)16(23)12-3-5-13(18)6-4-12/h3-6,11H,7-10H2,1-2H3. The van der Waals surface area contributed by atoms with Gasteiger partial charge in [-0.2, -0.15) is 0 Å². The van der Waals surface area contributed by atoms with Gasteiger partial charge >= 0.3 is 11.8 Å². The lowest BCUT2D eigenvalue weighted by Gasteiger charge is -2.34. The lowest BCUT2D eigenvalue weighted by Crippen LogP contribution is -2.50. The molecule has 0 bridgehead atoms. The second kappa shape index (κ2) is 7.00. The first-order chi connectivity index (χ1) is 12.0. The van der Waals surface area contributed by atoms with Gasteiger partial charge in [-0.15, -0.1) is 10.2 Å². The molecule has 132 valence electrons. The zero-order valence-corrected chi connectivity index (χ0v) is 14.1. The van der Waals surface area contributed by atoms with Gasteiger partial charge in [0.25, 0.3) is 5.91 Å². The highest BCUT2D eigenvalue weighted by atomic mass is 19.1. The van der Waals surface area contributed by atoms with Gasteiger partial charge in [-0.1, -0.05) is 13.8 Å². The third-order valence-electron chi connectivity index (χ3n) is 4.06. The maximum atomic E-state index is 13.0. The summed E-state index contributed by atoms with van der Waals surface area (Å²) in [5, 5.41) is 7.66. The molecule has 3 rings (SSSR count). The number of hydrogen-bond donors (Lipinski definition) is 0. The van der Waals surface area contributed by atoms with E-state index in [-0.39, 0.29) is 29.4 Å². The molecule has 0 aliphatic carbocycles. The highest BCUT2D eigenvalue weighted by Gasteiger charge is 2.28. The smallest absolute Gasteiger partial charge is 0.311 e. The van der Waals surface area contributed by atoms with E-state index in [0.29, 0.717) is 37.6 Å². The Morgan fingerprint density at radius 3 is 2.08 bits per heavy atom. The van der Waals surface area contributed by atoms with Gasteiger partial charge in [0.1, 0.15) is 5.82 Å². The fourth-order valence-electron chi connectivity index (χ4n) is 2.58. The number of carbonyl (C=O) groups excluding carboxylic acids is 2. The molecule has 1 fully saturated rings. The second-order valence-corrected chi connectivity index (χ2v) is 6.19. The third-order valence-corrected chi connectivity index (χ3v) is 4.06. The van der Waals surface area contributed by atoms with E-state index in [1.165, 1.54) is 24.3 Å². The van der Waals surface area contributed by atoms with Crippen molar-refractivity contribution in [3.63, 3.8) is 0 Å². The maximum absolute atomic E-state index is 13.0. The molecule has 1 aromatic heterocycles. The van der Waals surface area contributed by atoms with E-state index in [2.05, 4.69) is 10.2 Å². The quantitative estimate of drug-likeness (QED) is 0.848. The van der Waals surface area contributed by atoms with Crippen molar-refractivity contribution < 1.29 is 18.4 Å². The summed E-state index contributed by atoms with van der Waals surface area (Å²) >= 11 is 0. The molecule has 8 heteroatoms. The molecule has 2 heterocycles. The van der Waals surface area contributed by atoms with E-state index >= 15 is 0 Å². The summed E-state index contributed by atoms with van der Waals surface area (Å²) in [6.45, 7) is 5.36. The number of piperazine rings is 1. The first-order valence-corrected chi connectivity index (χ1v) is 8.13. The van der Waals surface area contributed by atoms with Crippen LogP contribution < -0.4 is 0 Å². The normalized spacial score (nSPS) is 14.9. The molecule has 7 nitrogen and oxygen atoms in total. The van der Waals surface area contributed by atoms with Gasteiger partial charge in [-0.05, 0) is 24.3 Å². The van der Waals surface area contributed by atoms with Crippen LogP contribution in [-0.4, -0.2) is 58.0 Å². The Hall–Kier alpha value is -2.77. The van der Waals surface area contributed by atoms with Gasteiger partial charge in [0.2, 0.25) is 5.89 Å². The zero-order valence-electron chi connectivity index (χ0n) is 14.1. The van der Waals surface area contributed by atoms with Crippen LogP contribution >= 0.6 is 0 Å². The molecule has 1 aliphatic heterocycles. The van der Waals surface area contributed by atoms with Crippen molar-refractivity contribution in [2.45, 2.75) is 19.8 Å². The molecule has 25 heavy (non-hydrogen) atoms. The molecular weight excluding hydrogens is 327 g/mol. The SMILES string of the molecule is CC(C)c1nnc(C(=O)N2CCN(C(=O)c3ccc(F)cc3)CC2)o1. The Bertz CT molecular complexity index is 764. The predicted molar refractivity (Wildman–Crippen MR) is 86.6 cm³/mol. The van der Waals surface area contributed by atoms with Crippen LogP contribution in [0.15, 0.2) is 28.7 Å². The zero-order chi connectivity index (χ0) is 18.0. The first kappa shape index (κ1) is 17.1. The van der Waals surface area contributed by atoms with Crippen LogP contribution in [0.2, 0.25) is 0 Å². The van der Waals surface area contributed by atoms with Gasteiger partial charge in [0.05, 0.1) is 0 Å². The van der Waals surface area contributed by atoms with E-state index < -0.39 is 0 Å². The Morgan fingerprint density at radius 2 is 1.56 bits per heavy atom. The number of carbonyl (C=O) groups is 2. The number of rotatable bonds is 3. The topological polar surface area (TPSA) is 79.5 Å². The molecule has 0 spiro atoms. The van der Waals surface area contributed by atoms with E-state index in [0.717, 1.165) is 0 Å². The summed E-state index contributed by atoms with van der Waals surface area (Å²) in [5.41, 5.74) is 0.430. The largest absolute Gasteiger partial charge is 0.417 e. The molecule has 0 saturated carbocycles. The lowest BCUT2D eigenvalue weighted by atomic mass is 10.2. The Labute approximate surface area is 144 Å². The van der Waals surface area contributed by atoms with Crippen LogP contribution in [0.3, 0.4) is 0 Å². The fraction of sp³-hybridized carbons (Fsp3) is 0.412. The summed E-state index contributed by atoms with van der Waals surface area (Å²) in [5.74, 6) is -0.428. The second-order valence-electron chi connectivity index (χ2n) is 6.19. The summed E-state index contributed by atoms with van der Waals surface area (Å²) in [4.78, 5) is 28.0. The number of hydrogen-bond acceptors (Lipinski definition) is 5. The number of amides is 2. The van der Waals surface area contributed by atoms with Crippen molar-refractivity contribution in [3.05, 3.63) is 47.4 Å². The first-order valence-electron chi connectivity index (χ1n) is 8.13.